The molecule has 0 amide bonds. The summed E-state index contributed by atoms with van der Waals surface area (Å²) in [6, 6.07) is 6.92. The van der Waals surface area contributed by atoms with Crippen LogP contribution in [0.15, 0.2) is 52.0 Å². The number of aryl methyl sites for hydroxylation is 1. The van der Waals surface area contributed by atoms with Gasteiger partial charge in [0.2, 0.25) is 10.0 Å². The first-order chi connectivity index (χ1) is 9.88. The highest BCUT2D eigenvalue weighted by Crippen LogP contribution is 2.25. The van der Waals surface area contributed by atoms with E-state index in [9.17, 15) is 8.42 Å². The lowest BCUT2D eigenvalue weighted by atomic mass is 9.92. The normalized spacial score (nSPS) is 16.0. The van der Waals surface area contributed by atoms with Crippen LogP contribution in [0.1, 0.15) is 38.7 Å². The van der Waals surface area contributed by atoms with E-state index in [2.05, 4.69) is 24.6 Å². The van der Waals surface area contributed by atoms with Crippen molar-refractivity contribution in [2.24, 2.45) is 0 Å². The van der Waals surface area contributed by atoms with Crippen molar-refractivity contribution in [1.82, 2.24) is 4.72 Å². The van der Waals surface area contributed by atoms with E-state index >= 15 is 0 Å². The van der Waals surface area contributed by atoms with Crippen molar-refractivity contribution in [2.75, 3.05) is 6.54 Å². The van der Waals surface area contributed by atoms with Crippen LogP contribution in [0.2, 0.25) is 0 Å². The van der Waals surface area contributed by atoms with E-state index in [0.29, 0.717) is 11.4 Å². The van der Waals surface area contributed by atoms with Gasteiger partial charge < -0.3 is 0 Å². The number of benzene rings is 1. The molecule has 0 bridgehead atoms. The Morgan fingerprint density at radius 1 is 1.05 bits per heavy atom. The molecule has 0 unspecified atom stereocenters. The van der Waals surface area contributed by atoms with Gasteiger partial charge in [-0.2, -0.15) is 0 Å². The summed E-state index contributed by atoms with van der Waals surface area (Å²) in [5.41, 5.74) is 5.22. The number of nitrogens with one attached hydrogen (secondary N) is 1. The minimum absolute atomic E-state index is 0.331. The summed E-state index contributed by atoms with van der Waals surface area (Å²) in [7, 11) is -3.39. The van der Waals surface area contributed by atoms with Crippen LogP contribution in [0.3, 0.4) is 0 Å². The summed E-state index contributed by atoms with van der Waals surface area (Å²) in [6.07, 6.45) is 4.96. The third-order valence-corrected chi connectivity index (χ3v) is 5.46. The smallest absolute Gasteiger partial charge is 0.211 e. The van der Waals surface area contributed by atoms with Crippen LogP contribution in [0.4, 0.5) is 0 Å². The average molecular weight is 305 g/mol. The van der Waals surface area contributed by atoms with Crippen LogP contribution >= 0.6 is 0 Å². The zero-order valence-corrected chi connectivity index (χ0v) is 13.8. The summed E-state index contributed by atoms with van der Waals surface area (Å²) < 4.78 is 27.0. The Bertz CT molecular complexity index is 667. The van der Waals surface area contributed by atoms with E-state index in [1.807, 2.05) is 19.1 Å². The first-order valence-electron chi connectivity index (χ1n) is 7.28. The first kappa shape index (κ1) is 16.0. The van der Waals surface area contributed by atoms with E-state index in [-0.39, 0.29) is 0 Å². The highest BCUT2D eigenvalue weighted by molar-refractivity contribution is 7.89. The van der Waals surface area contributed by atoms with Crippen molar-refractivity contribution < 1.29 is 8.42 Å². The van der Waals surface area contributed by atoms with Gasteiger partial charge in [0.15, 0.2) is 0 Å². The summed E-state index contributed by atoms with van der Waals surface area (Å²) in [4.78, 5) is 0.331. The average Bonchev–Trinajstić information content (AvgIpc) is 2.43. The van der Waals surface area contributed by atoms with Gasteiger partial charge in [-0.15, -0.1) is 0 Å². The maximum absolute atomic E-state index is 12.2. The molecule has 0 aromatic heterocycles. The van der Waals surface area contributed by atoms with E-state index in [4.69, 9.17) is 0 Å². The predicted molar refractivity (Wildman–Crippen MR) is 86.7 cm³/mol. The first-order valence-corrected chi connectivity index (χ1v) is 8.76. The quantitative estimate of drug-likeness (QED) is 0.843. The van der Waals surface area contributed by atoms with Crippen molar-refractivity contribution in [3.63, 3.8) is 0 Å². The fraction of sp³-hybridized carbons (Fsp3) is 0.412. The van der Waals surface area contributed by atoms with E-state index in [0.717, 1.165) is 24.8 Å². The second-order valence-electron chi connectivity index (χ2n) is 5.76. The summed E-state index contributed by atoms with van der Waals surface area (Å²) in [5, 5.41) is 0. The van der Waals surface area contributed by atoms with Crippen LogP contribution in [0, 0.1) is 6.92 Å². The molecule has 21 heavy (non-hydrogen) atoms. The number of sulfonamides is 1. The fourth-order valence-corrected chi connectivity index (χ4v) is 3.40. The van der Waals surface area contributed by atoms with Crippen molar-refractivity contribution in [2.45, 2.75) is 44.9 Å². The Morgan fingerprint density at radius 2 is 1.71 bits per heavy atom. The highest BCUT2D eigenvalue weighted by atomic mass is 32.2. The van der Waals surface area contributed by atoms with Gasteiger partial charge in [0, 0.05) is 6.54 Å². The number of rotatable bonds is 5. The maximum Gasteiger partial charge on any atom is 0.240 e. The largest absolute Gasteiger partial charge is 0.240 e. The zero-order chi connectivity index (χ0) is 15.5. The summed E-state index contributed by atoms with van der Waals surface area (Å²) in [5.74, 6) is 0. The molecule has 2 rings (SSSR count). The van der Waals surface area contributed by atoms with Crippen molar-refractivity contribution in [3.8, 4) is 0 Å². The lowest BCUT2D eigenvalue weighted by molar-refractivity contribution is 0.581. The van der Waals surface area contributed by atoms with Gasteiger partial charge in [-0.3, -0.25) is 0 Å². The van der Waals surface area contributed by atoms with Gasteiger partial charge in [-0.1, -0.05) is 40.5 Å². The molecule has 1 N–H and O–H groups in total. The SMILES string of the molecule is CC1=C(C)CC(CCNS(=O)(=O)c2ccc(C)cc2)=CC1. The molecule has 3 nitrogen and oxygen atoms in total. The maximum atomic E-state index is 12.2. The molecular weight excluding hydrogens is 282 g/mol. The molecule has 0 fully saturated rings. The molecule has 4 heteroatoms. The van der Waals surface area contributed by atoms with Crippen molar-refractivity contribution in [1.29, 1.82) is 0 Å². The molecular formula is C17H23NO2S. The van der Waals surface area contributed by atoms with Gasteiger partial charge in [-0.25, -0.2) is 13.1 Å². The Morgan fingerprint density at radius 3 is 2.33 bits per heavy atom. The number of allylic oxidation sites excluding steroid dienone is 3. The molecule has 1 aromatic rings. The van der Waals surface area contributed by atoms with Crippen LogP contribution in [-0.2, 0) is 10.0 Å². The lowest BCUT2D eigenvalue weighted by Crippen LogP contribution is -2.25. The van der Waals surface area contributed by atoms with Gasteiger partial charge >= 0.3 is 0 Å². The van der Waals surface area contributed by atoms with Crippen LogP contribution in [-0.4, -0.2) is 15.0 Å². The minimum atomic E-state index is -3.39. The van der Waals surface area contributed by atoms with E-state index < -0.39 is 10.0 Å². The summed E-state index contributed by atoms with van der Waals surface area (Å²) >= 11 is 0. The Hall–Kier alpha value is -1.39. The number of hydrogen-bond donors (Lipinski definition) is 1. The van der Waals surface area contributed by atoms with E-state index in [1.165, 1.54) is 16.7 Å². The minimum Gasteiger partial charge on any atom is -0.211 e. The zero-order valence-electron chi connectivity index (χ0n) is 12.9. The second-order valence-corrected chi connectivity index (χ2v) is 7.53. The van der Waals surface area contributed by atoms with Gasteiger partial charge in [-0.05, 0) is 52.2 Å². The van der Waals surface area contributed by atoms with Crippen LogP contribution in [0.25, 0.3) is 0 Å². The Labute approximate surface area is 127 Å². The molecule has 0 saturated carbocycles. The van der Waals surface area contributed by atoms with E-state index in [1.54, 1.807) is 12.1 Å². The molecule has 1 aliphatic rings. The molecule has 0 saturated heterocycles. The lowest BCUT2D eigenvalue weighted by Gasteiger charge is -2.16. The number of hydrogen-bond acceptors (Lipinski definition) is 2. The van der Waals surface area contributed by atoms with Crippen molar-refractivity contribution in [3.05, 3.63) is 52.6 Å². The Kier molecular flexibility index (Phi) is 5.01. The Balaban J connectivity index is 1.90. The van der Waals surface area contributed by atoms with Crippen LogP contribution < -0.4 is 4.72 Å². The third kappa shape index (κ3) is 4.29. The fourth-order valence-electron chi connectivity index (χ4n) is 2.37. The molecule has 1 aliphatic carbocycles. The second kappa shape index (κ2) is 6.58. The topological polar surface area (TPSA) is 46.2 Å². The van der Waals surface area contributed by atoms with Gasteiger partial charge in [0.05, 0.1) is 4.90 Å². The molecule has 0 spiro atoms. The molecule has 0 atom stereocenters. The van der Waals surface area contributed by atoms with Gasteiger partial charge in [0.1, 0.15) is 0 Å². The standard InChI is InChI=1S/C17H23NO2S/c1-13-4-8-17(9-5-13)21(19,20)18-11-10-16-7-6-14(2)15(3)12-16/h4-5,7-9,18H,6,10-12H2,1-3H3. The summed E-state index contributed by atoms with van der Waals surface area (Å²) in [6.45, 7) is 6.70. The van der Waals surface area contributed by atoms with Crippen molar-refractivity contribution >= 4 is 10.0 Å². The third-order valence-electron chi connectivity index (χ3n) is 3.99. The molecule has 114 valence electrons. The molecule has 0 radical (unpaired) electrons. The van der Waals surface area contributed by atoms with Crippen LogP contribution in [0.5, 0.6) is 0 Å². The highest BCUT2D eigenvalue weighted by Gasteiger charge is 2.14. The molecule has 0 aliphatic heterocycles. The van der Waals surface area contributed by atoms with Gasteiger partial charge in [0.25, 0.3) is 0 Å². The monoisotopic (exact) mass is 305 g/mol. The molecule has 1 aromatic carbocycles. The molecule has 0 heterocycles. The predicted octanol–water partition coefficient (Wildman–Crippen LogP) is 3.72.